The second-order valence-electron chi connectivity index (χ2n) is 5.01. The number of nitrogens with one attached hydrogen (secondary N) is 1. The average Bonchev–Trinajstić information content (AvgIpc) is 3.06. The molecule has 15 heavy (non-hydrogen) atoms. The van der Waals surface area contributed by atoms with Gasteiger partial charge in [0.1, 0.15) is 0 Å². The zero-order valence-electron chi connectivity index (χ0n) is 10.4. The van der Waals surface area contributed by atoms with Crippen molar-refractivity contribution in [2.45, 2.75) is 51.2 Å². The highest BCUT2D eigenvalue weighted by Crippen LogP contribution is 2.33. The predicted molar refractivity (Wildman–Crippen MR) is 63.9 cm³/mol. The number of ether oxygens (including phenoxy) is 1. The van der Waals surface area contributed by atoms with Gasteiger partial charge in [-0.1, -0.05) is 12.8 Å². The first-order valence-electron chi connectivity index (χ1n) is 6.10. The van der Waals surface area contributed by atoms with Gasteiger partial charge >= 0.3 is 0 Å². The molecule has 0 aromatic heterocycles. The maximum Gasteiger partial charge on any atom is 0.0734 e. The molecule has 2 unspecified atom stereocenters. The molecule has 0 spiro atoms. The van der Waals surface area contributed by atoms with Crippen molar-refractivity contribution in [2.75, 3.05) is 20.2 Å². The zero-order chi connectivity index (χ0) is 11.3. The van der Waals surface area contributed by atoms with Crippen LogP contribution < -0.4 is 11.1 Å². The summed E-state index contributed by atoms with van der Waals surface area (Å²) < 4.78 is 5.35. The Kier molecular flexibility index (Phi) is 5.03. The molecule has 1 aliphatic carbocycles. The van der Waals surface area contributed by atoms with Crippen LogP contribution in [0.25, 0.3) is 0 Å². The average molecular weight is 214 g/mol. The second kappa shape index (κ2) is 5.83. The number of hydrogen-bond donors (Lipinski definition) is 2. The molecule has 3 nitrogen and oxygen atoms in total. The molecule has 0 radical (unpaired) electrons. The largest absolute Gasteiger partial charge is 0.380 e. The van der Waals surface area contributed by atoms with Crippen LogP contribution in [0, 0.1) is 5.92 Å². The minimum absolute atomic E-state index is 0.0850. The highest BCUT2D eigenvalue weighted by molar-refractivity contribution is 4.90. The van der Waals surface area contributed by atoms with Gasteiger partial charge in [-0.05, 0) is 39.2 Å². The summed E-state index contributed by atoms with van der Waals surface area (Å²) in [6.07, 6.45) is 5.68. The molecule has 0 heterocycles. The summed E-state index contributed by atoms with van der Waals surface area (Å²) in [4.78, 5) is 0. The fourth-order valence-electron chi connectivity index (χ4n) is 1.81. The van der Waals surface area contributed by atoms with Gasteiger partial charge in [0.25, 0.3) is 0 Å². The Balaban J connectivity index is 2.18. The molecule has 90 valence electrons. The first-order valence-corrected chi connectivity index (χ1v) is 6.10. The fourth-order valence-corrected chi connectivity index (χ4v) is 1.81. The Hall–Kier alpha value is -0.120. The summed E-state index contributed by atoms with van der Waals surface area (Å²) in [6.45, 7) is 5.88. The minimum atomic E-state index is -0.0850. The molecule has 1 rings (SSSR count). The highest BCUT2D eigenvalue weighted by atomic mass is 16.5. The maximum atomic E-state index is 5.80. The van der Waals surface area contributed by atoms with E-state index in [0.29, 0.717) is 6.54 Å². The van der Waals surface area contributed by atoms with Crippen molar-refractivity contribution in [2.24, 2.45) is 11.7 Å². The van der Waals surface area contributed by atoms with Crippen LogP contribution in [-0.4, -0.2) is 31.8 Å². The molecule has 1 fully saturated rings. The summed E-state index contributed by atoms with van der Waals surface area (Å²) >= 11 is 0. The van der Waals surface area contributed by atoms with Crippen LogP contribution in [0.5, 0.6) is 0 Å². The SMILES string of the molecule is COC(C)C(C)(CN)NCCCC1CC1. The van der Waals surface area contributed by atoms with Crippen molar-refractivity contribution in [3.8, 4) is 0 Å². The van der Waals surface area contributed by atoms with E-state index in [1.165, 1.54) is 25.7 Å². The first-order chi connectivity index (χ1) is 7.12. The molecule has 0 bridgehead atoms. The smallest absolute Gasteiger partial charge is 0.0734 e. The van der Waals surface area contributed by atoms with Gasteiger partial charge in [-0.25, -0.2) is 0 Å². The predicted octanol–water partition coefficient (Wildman–Crippen LogP) is 1.52. The zero-order valence-corrected chi connectivity index (χ0v) is 10.4. The van der Waals surface area contributed by atoms with E-state index in [-0.39, 0.29) is 11.6 Å². The van der Waals surface area contributed by atoms with Gasteiger partial charge in [0, 0.05) is 13.7 Å². The molecule has 1 aliphatic rings. The lowest BCUT2D eigenvalue weighted by molar-refractivity contribution is 0.0419. The fraction of sp³-hybridized carbons (Fsp3) is 1.00. The molecule has 3 heteroatoms. The second-order valence-corrected chi connectivity index (χ2v) is 5.01. The summed E-state index contributed by atoms with van der Waals surface area (Å²) in [7, 11) is 1.74. The summed E-state index contributed by atoms with van der Waals surface area (Å²) in [6, 6.07) is 0. The summed E-state index contributed by atoms with van der Waals surface area (Å²) in [5, 5.41) is 3.53. The molecule has 1 saturated carbocycles. The van der Waals surface area contributed by atoms with E-state index in [0.717, 1.165) is 12.5 Å². The molecule has 0 aromatic carbocycles. The Labute approximate surface area is 93.8 Å². The number of hydrogen-bond acceptors (Lipinski definition) is 3. The first kappa shape index (κ1) is 12.9. The topological polar surface area (TPSA) is 47.3 Å². The van der Waals surface area contributed by atoms with Gasteiger partial charge in [-0.2, -0.15) is 0 Å². The van der Waals surface area contributed by atoms with E-state index < -0.39 is 0 Å². The van der Waals surface area contributed by atoms with Crippen LogP contribution in [0.15, 0.2) is 0 Å². The van der Waals surface area contributed by atoms with Crippen molar-refractivity contribution in [3.05, 3.63) is 0 Å². The number of nitrogens with two attached hydrogens (primary N) is 1. The van der Waals surface area contributed by atoms with E-state index in [1.54, 1.807) is 7.11 Å². The molecule has 0 aromatic rings. The molecule has 0 aliphatic heterocycles. The van der Waals surface area contributed by atoms with Crippen LogP contribution in [0.1, 0.15) is 39.5 Å². The molecular weight excluding hydrogens is 188 g/mol. The van der Waals surface area contributed by atoms with Gasteiger partial charge in [0.2, 0.25) is 0 Å². The Bertz CT molecular complexity index is 182. The van der Waals surface area contributed by atoms with Crippen LogP contribution in [0.3, 0.4) is 0 Å². The normalized spacial score (nSPS) is 22.4. The Morgan fingerprint density at radius 3 is 2.67 bits per heavy atom. The van der Waals surface area contributed by atoms with Gasteiger partial charge < -0.3 is 15.8 Å². The van der Waals surface area contributed by atoms with Crippen LogP contribution in [-0.2, 0) is 4.74 Å². The molecule has 2 atom stereocenters. The van der Waals surface area contributed by atoms with Crippen molar-refractivity contribution in [1.29, 1.82) is 0 Å². The van der Waals surface area contributed by atoms with E-state index in [4.69, 9.17) is 10.5 Å². The van der Waals surface area contributed by atoms with E-state index >= 15 is 0 Å². The van der Waals surface area contributed by atoms with Crippen molar-refractivity contribution in [3.63, 3.8) is 0 Å². The molecule has 0 amide bonds. The van der Waals surface area contributed by atoms with Gasteiger partial charge in [0.05, 0.1) is 11.6 Å². The molecule has 0 saturated heterocycles. The quantitative estimate of drug-likeness (QED) is 0.602. The Morgan fingerprint density at radius 1 is 1.53 bits per heavy atom. The van der Waals surface area contributed by atoms with Gasteiger partial charge in [-0.3, -0.25) is 0 Å². The van der Waals surface area contributed by atoms with Crippen molar-refractivity contribution >= 4 is 0 Å². The lowest BCUT2D eigenvalue weighted by Gasteiger charge is -2.34. The summed E-state index contributed by atoms with van der Waals surface area (Å²) in [5.41, 5.74) is 5.71. The third-order valence-electron chi connectivity index (χ3n) is 3.69. The van der Waals surface area contributed by atoms with Crippen molar-refractivity contribution in [1.82, 2.24) is 5.32 Å². The third-order valence-corrected chi connectivity index (χ3v) is 3.69. The third kappa shape index (κ3) is 4.09. The van der Waals surface area contributed by atoms with E-state index in [1.807, 2.05) is 0 Å². The summed E-state index contributed by atoms with van der Waals surface area (Å²) in [5.74, 6) is 1.02. The van der Waals surface area contributed by atoms with Crippen LogP contribution >= 0.6 is 0 Å². The van der Waals surface area contributed by atoms with Crippen LogP contribution in [0.2, 0.25) is 0 Å². The minimum Gasteiger partial charge on any atom is -0.380 e. The van der Waals surface area contributed by atoms with E-state index in [9.17, 15) is 0 Å². The molecule has 3 N–H and O–H groups in total. The van der Waals surface area contributed by atoms with Crippen molar-refractivity contribution < 1.29 is 4.74 Å². The van der Waals surface area contributed by atoms with Gasteiger partial charge in [0.15, 0.2) is 0 Å². The lowest BCUT2D eigenvalue weighted by Crippen LogP contribution is -2.57. The van der Waals surface area contributed by atoms with Gasteiger partial charge in [-0.15, -0.1) is 0 Å². The lowest BCUT2D eigenvalue weighted by atomic mass is 9.95. The standard InChI is InChI=1S/C12H26N2O/c1-10(15-3)12(2,9-13)14-8-4-5-11-6-7-11/h10-11,14H,4-9,13H2,1-3H3. The molecular formula is C12H26N2O. The maximum absolute atomic E-state index is 5.80. The van der Waals surface area contributed by atoms with E-state index in [2.05, 4.69) is 19.2 Å². The Morgan fingerprint density at radius 2 is 2.20 bits per heavy atom. The number of methoxy groups -OCH3 is 1. The number of rotatable bonds is 8. The monoisotopic (exact) mass is 214 g/mol. The highest BCUT2D eigenvalue weighted by Gasteiger charge is 2.29. The van der Waals surface area contributed by atoms with Crippen LogP contribution in [0.4, 0.5) is 0 Å².